The van der Waals surface area contributed by atoms with Gasteiger partial charge in [0.25, 0.3) is 0 Å². The Balaban J connectivity index is 1.69. The normalized spacial score (nSPS) is 27.6. The molecule has 2 saturated carbocycles. The van der Waals surface area contributed by atoms with Gasteiger partial charge in [0.05, 0.1) is 12.6 Å². The number of carbonyl (C=O) groups is 2. The molecule has 0 saturated heterocycles. The van der Waals surface area contributed by atoms with E-state index in [0.29, 0.717) is 18.7 Å². The van der Waals surface area contributed by atoms with Gasteiger partial charge in [-0.15, -0.1) is 0 Å². The Kier molecular flexibility index (Phi) is 4.60. The Morgan fingerprint density at radius 2 is 2.00 bits per heavy atom. The van der Waals surface area contributed by atoms with Crippen molar-refractivity contribution >= 4 is 28.9 Å². The Bertz CT molecular complexity index is 981. The molecule has 9 nitrogen and oxygen atoms in total. The molecule has 5 N–H and O–H groups in total. The van der Waals surface area contributed by atoms with Gasteiger partial charge >= 0.3 is 12.2 Å². The molecule has 1 aromatic carbocycles. The van der Waals surface area contributed by atoms with E-state index >= 15 is 0 Å². The van der Waals surface area contributed by atoms with Gasteiger partial charge in [-0.2, -0.15) is 0 Å². The number of methoxy groups -OCH3 is 1. The van der Waals surface area contributed by atoms with Gasteiger partial charge in [-0.05, 0) is 61.9 Å². The second-order valence-electron chi connectivity index (χ2n) is 7.94. The summed E-state index contributed by atoms with van der Waals surface area (Å²) in [7, 11) is 1.61. The highest BCUT2D eigenvalue weighted by molar-refractivity contribution is 5.85. The lowest BCUT2D eigenvalue weighted by Crippen LogP contribution is -2.62. The van der Waals surface area contributed by atoms with Crippen molar-refractivity contribution in [1.82, 2.24) is 15.6 Å². The lowest BCUT2D eigenvalue weighted by atomic mass is 9.84. The maximum atomic E-state index is 11.6. The van der Waals surface area contributed by atoms with Gasteiger partial charge in [-0.1, -0.05) is 0 Å². The third-order valence-corrected chi connectivity index (χ3v) is 6.12. The Hall–Kier alpha value is -3.23. The lowest BCUT2D eigenvalue weighted by Gasteiger charge is -2.42. The van der Waals surface area contributed by atoms with Gasteiger partial charge in [0.1, 0.15) is 17.2 Å². The summed E-state index contributed by atoms with van der Waals surface area (Å²) in [5.41, 5.74) is 0.772. The van der Waals surface area contributed by atoms with E-state index in [1.807, 2.05) is 31.2 Å². The van der Waals surface area contributed by atoms with Crippen molar-refractivity contribution < 1.29 is 24.5 Å². The van der Waals surface area contributed by atoms with Crippen LogP contribution in [0.1, 0.15) is 24.8 Å². The van der Waals surface area contributed by atoms with E-state index in [1.54, 1.807) is 7.11 Å². The number of rotatable bonds is 5. The molecule has 2 bridgehead atoms. The fourth-order valence-corrected chi connectivity index (χ4v) is 5.08. The highest BCUT2D eigenvalue weighted by Crippen LogP contribution is 2.51. The first-order chi connectivity index (χ1) is 13.8. The summed E-state index contributed by atoms with van der Waals surface area (Å²) in [5, 5.41) is 28.1. The van der Waals surface area contributed by atoms with Crippen LogP contribution in [0.2, 0.25) is 0 Å². The van der Waals surface area contributed by atoms with E-state index in [0.717, 1.165) is 28.6 Å². The fraction of sp³-hybridized carbons (Fsp3) is 0.450. The van der Waals surface area contributed by atoms with E-state index in [-0.39, 0.29) is 17.9 Å². The van der Waals surface area contributed by atoms with E-state index in [9.17, 15) is 14.7 Å². The molecule has 9 heteroatoms. The van der Waals surface area contributed by atoms with Crippen LogP contribution in [-0.2, 0) is 0 Å². The Morgan fingerprint density at radius 1 is 1.21 bits per heavy atom. The van der Waals surface area contributed by atoms with Crippen molar-refractivity contribution in [2.75, 3.05) is 12.4 Å². The molecule has 2 fully saturated rings. The van der Waals surface area contributed by atoms with Crippen LogP contribution in [0.5, 0.6) is 5.75 Å². The number of fused-ring (bicyclic) bond motifs is 3. The van der Waals surface area contributed by atoms with E-state index in [1.165, 1.54) is 0 Å². The maximum absolute atomic E-state index is 11.6. The molecular formula is C20H24N4O5. The van der Waals surface area contributed by atoms with E-state index in [2.05, 4.69) is 20.9 Å². The zero-order chi connectivity index (χ0) is 20.8. The average molecular weight is 400 g/mol. The monoisotopic (exact) mass is 400 g/mol. The number of hydrogen-bond acceptors (Lipinski definition) is 5. The molecule has 2 aromatic rings. The molecule has 2 amide bonds. The Labute approximate surface area is 167 Å². The molecule has 4 rings (SSSR count). The minimum Gasteiger partial charge on any atom is -0.497 e. The maximum Gasteiger partial charge on any atom is 0.406 e. The molecule has 2 aliphatic rings. The van der Waals surface area contributed by atoms with E-state index < -0.39 is 17.8 Å². The van der Waals surface area contributed by atoms with Crippen LogP contribution in [0.3, 0.4) is 0 Å². The second kappa shape index (κ2) is 6.98. The molecule has 29 heavy (non-hydrogen) atoms. The number of ether oxygens (including phenoxy) is 1. The van der Waals surface area contributed by atoms with Crippen LogP contribution < -0.4 is 20.7 Å². The standard InChI is InChI=1S/C20H24N4O5/c1-10-5-17(21-15-4-3-12(29-2)8-13(10)15)23-20(24-19(27)28)9-11-6-14(20)16(7-11)22-18(25)26/h3-5,8,11,14,16,22,24H,6-7,9H2,1-2H3,(H,21,23)(H,25,26)(H,27,28)/t11-,14+,16-,20-/m0/s1. The first kappa shape index (κ1) is 19.1. The van der Waals surface area contributed by atoms with Crippen molar-refractivity contribution in [3.8, 4) is 5.75 Å². The lowest BCUT2D eigenvalue weighted by molar-refractivity contribution is 0.147. The summed E-state index contributed by atoms with van der Waals surface area (Å²) >= 11 is 0. The molecule has 2 aliphatic carbocycles. The number of aryl methyl sites for hydroxylation is 1. The van der Waals surface area contributed by atoms with Crippen LogP contribution in [-0.4, -0.2) is 46.2 Å². The van der Waals surface area contributed by atoms with Crippen molar-refractivity contribution in [3.05, 3.63) is 29.8 Å². The first-order valence-corrected chi connectivity index (χ1v) is 9.54. The molecule has 0 radical (unpaired) electrons. The number of benzene rings is 1. The summed E-state index contributed by atoms with van der Waals surface area (Å²) in [4.78, 5) is 27.4. The number of nitrogens with zero attached hydrogens (tertiary/aromatic N) is 1. The smallest absolute Gasteiger partial charge is 0.406 e. The van der Waals surface area contributed by atoms with Gasteiger partial charge in [0, 0.05) is 17.3 Å². The molecule has 154 valence electrons. The molecule has 4 atom stereocenters. The zero-order valence-electron chi connectivity index (χ0n) is 16.2. The summed E-state index contributed by atoms with van der Waals surface area (Å²) in [6.07, 6.45) is -0.196. The molecule has 0 unspecified atom stereocenters. The minimum absolute atomic E-state index is 0.201. The molecule has 1 heterocycles. The second-order valence-corrected chi connectivity index (χ2v) is 7.94. The van der Waals surface area contributed by atoms with Crippen LogP contribution in [0.15, 0.2) is 24.3 Å². The minimum atomic E-state index is -1.15. The summed E-state index contributed by atoms with van der Waals surface area (Å²) in [6, 6.07) is 7.17. The molecule has 0 spiro atoms. The predicted molar refractivity (Wildman–Crippen MR) is 106 cm³/mol. The number of anilines is 1. The van der Waals surface area contributed by atoms with Crippen molar-refractivity contribution in [1.29, 1.82) is 0 Å². The van der Waals surface area contributed by atoms with Crippen LogP contribution >= 0.6 is 0 Å². The van der Waals surface area contributed by atoms with Gasteiger partial charge < -0.3 is 25.6 Å². The number of amides is 2. The quantitative estimate of drug-likeness (QED) is 0.487. The van der Waals surface area contributed by atoms with Crippen molar-refractivity contribution in [2.24, 2.45) is 11.8 Å². The molecular weight excluding hydrogens is 376 g/mol. The number of pyridine rings is 1. The first-order valence-electron chi connectivity index (χ1n) is 9.54. The van der Waals surface area contributed by atoms with Gasteiger partial charge in [0.2, 0.25) is 0 Å². The number of hydrogen-bond donors (Lipinski definition) is 5. The summed E-state index contributed by atoms with van der Waals surface area (Å²) < 4.78 is 5.28. The summed E-state index contributed by atoms with van der Waals surface area (Å²) in [6.45, 7) is 1.96. The van der Waals surface area contributed by atoms with E-state index in [4.69, 9.17) is 9.84 Å². The Morgan fingerprint density at radius 3 is 2.66 bits per heavy atom. The molecule has 0 aliphatic heterocycles. The van der Waals surface area contributed by atoms with Crippen molar-refractivity contribution in [2.45, 2.75) is 37.9 Å². The fourth-order valence-electron chi connectivity index (χ4n) is 5.08. The van der Waals surface area contributed by atoms with Crippen LogP contribution in [0, 0.1) is 18.8 Å². The van der Waals surface area contributed by atoms with Gasteiger partial charge in [-0.3, -0.25) is 5.32 Å². The van der Waals surface area contributed by atoms with Crippen LogP contribution in [0.25, 0.3) is 10.9 Å². The highest BCUT2D eigenvalue weighted by Gasteiger charge is 2.57. The SMILES string of the molecule is COc1ccc2nc(N[C@]3(NC(=O)O)C[C@@H]4C[C@H](NC(=O)O)[C@H]3C4)cc(C)c2c1. The highest BCUT2D eigenvalue weighted by atomic mass is 16.5. The topological polar surface area (TPSA) is 133 Å². The van der Waals surface area contributed by atoms with Gasteiger partial charge in [-0.25, -0.2) is 14.6 Å². The number of nitrogens with one attached hydrogen (secondary N) is 3. The summed E-state index contributed by atoms with van der Waals surface area (Å²) in [5.74, 6) is 1.33. The average Bonchev–Trinajstić information content (AvgIpc) is 3.17. The van der Waals surface area contributed by atoms with Gasteiger partial charge in [0.15, 0.2) is 0 Å². The van der Waals surface area contributed by atoms with Crippen molar-refractivity contribution in [3.63, 3.8) is 0 Å². The third kappa shape index (κ3) is 3.48. The largest absolute Gasteiger partial charge is 0.497 e. The predicted octanol–water partition coefficient (Wildman–Crippen LogP) is 2.99. The number of carboxylic acid groups (broad SMARTS) is 2. The number of aromatic nitrogens is 1. The molecule has 1 aromatic heterocycles. The van der Waals surface area contributed by atoms with Crippen LogP contribution in [0.4, 0.5) is 15.4 Å². The third-order valence-electron chi connectivity index (χ3n) is 6.12. The zero-order valence-corrected chi connectivity index (χ0v) is 16.2.